The zero-order chi connectivity index (χ0) is 21.1. The third kappa shape index (κ3) is 4.51. The van der Waals surface area contributed by atoms with Crippen molar-refractivity contribution in [3.63, 3.8) is 0 Å². The summed E-state index contributed by atoms with van der Waals surface area (Å²) < 4.78 is 41.7. The van der Waals surface area contributed by atoms with Crippen LogP contribution >= 0.6 is 0 Å². The molecule has 4 aromatic carbocycles. The number of halogens is 3. The van der Waals surface area contributed by atoms with Gasteiger partial charge in [-0.2, -0.15) is 0 Å². The van der Waals surface area contributed by atoms with E-state index in [1.54, 1.807) is 6.07 Å². The zero-order valence-electron chi connectivity index (χ0n) is 16.1. The highest BCUT2D eigenvalue weighted by Gasteiger charge is 2.31. The van der Waals surface area contributed by atoms with Crippen LogP contribution < -0.4 is 10.1 Å². The zero-order valence-corrected chi connectivity index (χ0v) is 16.1. The van der Waals surface area contributed by atoms with Gasteiger partial charge in [0, 0.05) is 11.5 Å². The summed E-state index contributed by atoms with van der Waals surface area (Å²) in [5.41, 5.74) is 3.58. The first-order valence-electron chi connectivity index (χ1n) is 9.39. The molecule has 150 valence electrons. The van der Waals surface area contributed by atoms with Gasteiger partial charge in [0.1, 0.15) is 5.75 Å². The molecule has 4 rings (SSSR count). The molecule has 0 aliphatic heterocycles. The van der Waals surface area contributed by atoms with Gasteiger partial charge in [-0.25, -0.2) is 4.99 Å². The van der Waals surface area contributed by atoms with Crippen molar-refractivity contribution in [3.8, 4) is 16.9 Å². The molecule has 0 saturated heterocycles. The van der Waals surface area contributed by atoms with Gasteiger partial charge in [0.2, 0.25) is 0 Å². The van der Waals surface area contributed by atoms with Crippen molar-refractivity contribution in [3.05, 3.63) is 102 Å². The molecule has 0 heterocycles. The van der Waals surface area contributed by atoms with Crippen LogP contribution in [0.3, 0.4) is 0 Å². The molecule has 0 bridgehead atoms. The second-order valence-corrected chi connectivity index (χ2v) is 6.88. The number of hydrogen-bond donors (Lipinski definition) is 0. The maximum atomic E-state index is 12.6. The molecule has 0 fully saturated rings. The SMILES string of the molecule is Cc1cccc2c(=Nc3cccc(OC(F)(F)F)c3)ccc(-c3ccccc3)cc12. The van der Waals surface area contributed by atoms with Crippen molar-refractivity contribution in [2.24, 2.45) is 4.99 Å². The number of nitrogens with zero attached hydrogens (tertiary/aromatic N) is 1. The molecular formula is C25H18F3NO. The number of rotatable bonds is 3. The van der Waals surface area contributed by atoms with Crippen LogP contribution in [-0.2, 0) is 0 Å². The Balaban J connectivity index is 1.92. The Morgan fingerprint density at radius 2 is 1.47 bits per heavy atom. The molecule has 0 amide bonds. The van der Waals surface area contributed by atoms with E-state index in [0.29, 0.717) is 11.0 Å². The van der Waals surface area contributed by atoms with E-state index in [4.69, 9.17) is 0 Å². The predicted molar refractivity (Wildman–Crippen MR) is 112 cm³/mol. The normalized spacial score (nSPS) is 12.2. The lowest BCUT2D eigenvalue weighted by Gasteiger charge is -2.08. The van der Waals surface area contributed by atoms with Crippen molar-refractivity contribution in [1.82, 2.24) is 0 Å². The Kier molecular flexibility index (Phi) is 5.27. The van der Waals surface area contributed by atoms with Gasteiger partial charge in [-0.1, -0.05) is 60.7 Å². The monoisotopic (exact) mass is 405 g/mol. The molecular weight excluding hydrogens is 387 g/mol. The third-order valence-electron chi connectivity index (χ3n) is 4.73. The number of ether oxygens (including phenoxy) is 1. The molecule has 0 aliphatic rings. The average Bonchev–Trinajstić information content (AvgIpc) is 2.89. The summed E-state index contributed by atoms with van der Waals surface area (Å²) in [5, 5.41) is 2.61. The molecule has 0 atom stereocenters. The number of benzene rings is 3. The summed E-state index contributed by atoms with van der Waals surface area (Å²) in [5.74, 6) is -0.297. The van der Waals surface area contributed by atoms with Gasteiger partial charge in [-0.3, -0.25) is 0 Å². The maximum Gasteiger partial charge on any atom is 0.573 e. The topological polar surface area (TPSA) is 21.6 Å². The lowest BCUT2D eigenvalue weighted by atomic mass is 10.0. The predicted octanol–water partition coefficient (Wildman–Crippen LogP) is 6.95. The molecule has 0 unspecified atom stereocenters. The van der Waals surface area contributed by atoms with Gasteiger partial charge in [0.15, 0.2) is 0 Å². The second kappa shape index (κ2) is 8.03. The Hall–Kier alpha value is -3.60. The first kappa shape index (κ1) is 19.7. The summed E-state index contributed by atoms with van der Waals surface area (Å²) in [6, 6.07) is 27.6. The lowest BCUT2D eigenvalue weighted by molar-refractivity contribution is -0.274. The largest absolute Gasteiger partial charge is 0.573 e. The molecule has 2 nitrogen and oxygen atoms in total. The molecule has 4 aromatic rings. The molecule has 0 N–H and O–H groups in total. The van der Waals surface area contributed by atoms with Gasteiger partial charge in [0.25, 0.3) is 0 Å². The Morgan fingerprint density at radius 1 is 0.700 bits per heavy atom. The van der Waals surface area contributed by atoms with Gasteiger partial charge in [-0.05, 0) is 53.3 Å². The molecule has 0 spiro atoms. The van der Waals surface area contributed by atoms with Crippen molar-refractivity contribution in [2.75, 3.05) is 0 Å². The van der Waals surface area contributed by atoms with E-state index >= 15 is 0 Å². The van der Waals surface area contributed by atoms with Crippen LogP contribution in [0.25, 0.3) is 21.9 Å². The summed E-state index contributed by atoms with van der Waals surface area (Å²) in [7, 11) is 0. The van der Waals surface area contributed by atoms with Crippen LogP contribution in [0, 0.1) is 6.92 Å². The number of hydrogen-bond acceptors (Lipinski definition) is 2. The highest BCUT2D eigenvalue weighted by Crippen LogP contribution is 2.27. The standard InChI is InChI=1S/C25H18F3NO/c1-17-7-5-12-22-23(17)15-19(18-8-3-2-4-9-18)13-14-24(22)29-20-10-6-11-21(16-20)30-25(26,27)28/h2-16H,1H3. The van der Waals surface area contributed by atoms with Crippen LogP contribution in [0.2, 0.25) is 0 Å². The minimum absolute atomic E-state index is 0.297. The van der Waals surface area contributed by atoms with Gasteiger partial charge in [0.05, 0.1) is 11.0 Å². The van der Waals surface area contributed by atoms with Crippen molar-refractivity contribution in [2.45, 2.75) is 13.3 Å². The van der Waals surface area contributed by atoms with E-state index in [9.17, 15) is 13.2 Å². The Morgan fingerprint density at radius 3 is 2.23 bits per heavy atom. The van der Waals surface area contributed by atoms with Crippen LogP contribution in [0.1, 0.15) is 5.56 Å². The molecule has 0 saturated carbocycles. The highest BCUT2D eigenvalue weighted by atomic mass is 19.4. The fraction of sp³-hybridized carbons (Fsp3) is 0.0800. The fourth-order valence-electron chi connectivity index (χ4n) is 3.35. The molecule has 30 heavy (non-hydrogen) atoms. The molecule has 0 aromatic heterocycles. The summed E-state index contributed by atoms with van der Waals surface area (Å²) >= 11 is 0. The van der Waals surface area contributed by atoms with Crippen LogP contribution in [0.4, 0.5) is 18.9 Å². The summed E-state index contributed by atoms with van der Waals surface area (Å²) in [6.07, 6.45) is -4.74. The molecule has 5 heteroatoms. The van der Waals surface area contributed by atoms with Gasteiger partial charge in [-0.15, -0.1) is 13.2 Å². The Labute approximate surface area is 171 Å². The van der Waals surface area contributed by atoms with E-state index in [2.05, 4.69) is 15.8 Å². The number of fused-ring (bicyclic) bond motifs is 1. The lowest BCUT2D eigenvalue weighted by Crippen LogP contribution is -2.16. The fourth-order valence-corrected chi connectivity index (χ4v) is 3.35. The summed E-state index contributed by atoms with van der Waals surface area (Å²) in [6.45, 7) is 2.03. The quantitative estimate of drug-likeness (QED) is 0.362. The van der Waals surface area contributed by atoms with Crippen LogP contribution in [0.15, 0.2) is 96.0 Å². The van der Waals surface area contributed by atoms with E-state index < -0.39 is 6.36 Å². The van der Waals surface area contributed by atoms with Crippen molar-refractivity contribution in [1.29, 1.82) is 0 Å². The number of alkyl halides is 3. The van der Waals surface area contributed by atoms with Gasteiger partial charge < -0.3 is 4.74 Å². The minimum Gasteiger partial charge on any atom is -0.406 e. The van der Waals surface area contributed by atoms with Crippen molar-refractivity contribution >= 4 is 16.5 Å². The van der Waals surface area contributed by atoms with E-state index in [0.717, 1.165) is 27.5 Å². The highest BCUT2D eigenvalue weighted by molar-refractivity contribution is 5.88. The maximum absolute atomic E-state index is 12.6. The molecule has 0 radical (unpaired) electrons. The summed E-state index contributed by atoms with van der Waals surface area (Å²) in [4.78, 5) is 4.63. The smallest absolute Gasteiger partial charge is 0.406 e. The average molecular weight is 405 g/mol. The Bertz CT molecular complexity index is 1260. The van der Waals surface area contributed by atoms with E-state index in [1.807, 2.05) is 67.6 Å². The molecule has 0 aliphatic carbocycles. The van der Waals surface area contributed by atoms with Crippen LogP contribution in [-0.4, -0.2) is 6.36 Å². The number of aryl methyl sites for hydroxylation is 1. The first-order valence-corrected chi connectivity index (χ1v) is 9.39. The van der Waals surface area contributed by atoms with Crippen molar-refractivity contribution < 1.29 is 17.9 Å². The van der Waals surface area contributed by atoms with E-state index in [-0.39, 0.29) is 5.75 Å². The van der Waals surface area contributed by atoms with Gasteiger partial charge >= 0.3 is 6.36 Å². The first-order chi connectivity index (χ1) is 14.4. The second-order valence-electron chi connectivity index (χ2n) is 6.88. The van der Waals surface area contributed by atoms with Crippen LogP contribution in [0.5, 0.6) is 5.75 Å². The minimum atomic E-state index is -4.74. The van der Waals surface area contributed by atoms with E-state index in [1.165, 1.54) is 18.2 Å². The third-order valence-corrected chi connectivity index (χ3v) is 4.73.